The van der Waals surface area contributed by atoms with Crippen molar-refractivity contribution in [3.05, 3.63) is 22.7 Å². The lowest BCUT2D eigenvalue weighted by atomic mass is 10.3. The minimum atomic E-state index is -3.63. The smallest absolute Gasteiger partial charge is 0.235 e. The maximum Gasteiger partial charge on any atom is 0.235 e. The summed E-state index contributed by atoms with van der Waals surface area (Å²) in [6.45, 7) is 0. The van der Waals surface area contributed by atoms with Crippen LogP contribution < -0.4 is 11.1 Å². The van der Waals surface area contributed by atoms with Crippen LogP contribution >= 0.6 is 15.9 Å². The molecule has 16 heavy (non-hydrogen) atoms. The van der Waals surface area contributed by atoms with E-state index in [0.717, 1.165) is 0 Å². The molecule has 0 aromatic heterocycles. The number of benzene rings is 1. The maximum atomic E-state index is 11.8. The van der Waals surface area contributed by atoms with Crippen LogP contribution in [0.2, 0.25) is 0 Å². The zero-order valence-corrected chi connectivity index (χ0v) is 10.9. The fourth-order valence-electron chi connectivity index (χ4n) is 1.09. The summed E-state index contributed by atoms with van der Waals surface area (Å²) in [6, 6.07) is 4.33. The second-order valence-corrected chi connectivity index (χ2v) is 5.93. The molecular formula is C9H11BrN2O3S. The van der Waals surface area contributed by atoms with E-state index in [1.807, 2.05) is 0 Å². The standard InChI is InChI=1S/C9H11BrN2O3S/c1-12-9(13)5-16(14,15)8-3-2-6(11)4-7(8)10/h2-4H,5,11H2,1H3,(H,12,13). The highest BCUT2D eigenvalue weighted by Crippen LogP contribution is 2.25. The minimum absolute atomic E-state index is 0.0605. The first-order valence-electron chi connectivity index (χ1n) is 4.35. The molecule has 1 aromatic rings. The van der Waals surface area contributed by atoms with Gasteiger partial charge in [-0.25, -0.2) is 8.42 Å². The highest BCUT2D eigenvalue weighted by molar-refractivity contribution is 9.10. The van der Waals surface area contributed by atoms with E-state index < -0.39 is 21.5 Å². The molecule has 0 radical (unpaired) electrons. The molecule has 5 nitrogen and oxygen atoms in total. The molecule has 3 N–H and O–H groups in total. The monoisotopic (exact) mass is 306 g/mol. The Morgan fingerprint density at radius 3 is 2.62 bits per heavy atom. The summed E-state index contributed by atoms with van der Waals surface area (Å²) in [7, 11) is -2.25. The molecule has 1 aromatic carbocycles. The van der Waals surface area contributed by atoms with Crippen molar-refractivity contribution >= 4 is 37.4 Å². The van der Waals surface area contributed by atoms with Crippen molar-refractivity contribution < 1.29 is 13.2 Å². The summed E-state index contributed by atoms with van der Waals surface area (Å²) in [4.78, 5) is 11.1. The topological polar surface area (TPSA) is 89.3 Å². The van der Waals surface area contributed by atoms with E-state index >= 15 is 0 Å². The lowest BCUT2D eigenvalue weighted by molar-refractivity contribution is -0.118. The Hall–Kier alpha value is -1.08. The number of carbonyl (C=O) groups is 1. The van der Waals surface area contributed by atoms with Crippen molar-refractivity contribution in [3.8, 4) is 0 Å². The number of carbonyl (C=O) groups excluding carboxylic acids is 1. The largest absolute Gasteiger partial charge is 0.399 e. The third-order valence-electron chi connectivity index (χ3n) is 1.89. The van der Waals surface area contributed by atoms with Gasteiger partial charge in [-0.05, 0) is 34.1 Å². The third kappa shape index (κ3) is 2.96. The van der Waals surface area contributed by atoms with Gasteiger partial charge in [0, 0.05) is 17.2 Å². The lowest BCUT2D eigenvalue weighted by Gasteiger charge is -2.06. The molecule has 88 valence electrons. The quantitative estimate of drug-likeness (QED) is 0.798. The molecule has 0 aliphatic rings. The number of rotatable bonds is 3. The molecule has 1 rings (SSSR count). The Labute approximate surface area is 102 Å². The van der Waals surface area contributed by atoms with Gasteiger partial charge in [-0.3, -0.25) is 4.79 Å². The van der Waals surface area contributed by atoms with Gasteiger partial charge in [0.2, 0.25) is 5.91 Å². The molecular weight excluding hydrogens is 296 g/mol. The van der Waals surface area contributed by atoms with Crippen LogP contribution in [0.1, 0.15) is 0 Å². The molecule has 0 unspecified atom stereocenters. The Morgan fingerprint density at radius 1 is 1.50 bits per heavy atom. The lowest BCUT2D eigenvalue weighted by Crippen LogP contribution is -2.27. The molecule has 0 saturated heterocycles. The number of hydrogen-bond acceptors (Lipinski definition) is 4. The van der Waals surface area contributed by atoms with E-state index in [2.05, 4.69) is 21.2 Å². The number of nitrogens with one attached hydrogen (secondary N) is 1. The highest BCUT2D eigenvalue weighted by Gasteiger charge is 2.21. The fourth-order valence-corrected chi connectivity index (χ4v) is 3.50. The number of nitrogen functional groups attached to an aromatic ring is 1. The van der Waals surface area contributed by atoms with Gasteiger partial charge in [-0.15, -0.1) is 0 Å². The van der Waals surface area contributed by atoms with Gasteiger partial charge in [0.25, 0.3) is 0 Å². The van der Waals surface area contributed by atoms with E-state index in [4.69, 9.17) is 5.73 Å². The van der Waals surface area contributed by atoms with Gasteiger partial charge in [0.15, 0.2) is 9.84 Å². The van der Waals surface area contributed by atoms with E-state index in [-0.39, 0.29) is 4.90 Å². The van der Waals surface area contributed by atoms with Crippen LogP contribution in [0, 0.1) is 0 Å². The number of nitrogens with two attached hydrogens (primary N) is 1. The van der Waals surface area contributed by atoms with Crippen molar-refractivity contribution in [3.63, 3.8) is 0 Å². The predicted molar refractivity (Wildman–Crippen MR) is 64.7 cm³/mol. The number of anilines is 1. The SMILES string of the molecule is CNC(=O)CS(=O)(=O)c1ccc(N)cc1Br. The van der Waals surface area contributed by atoms with Crippen LogP contribution in [0.15, 0.2) is 27.6 Å². The van der Waals surface area contributed by atoms with Crippen LogP contribution in [-0.2, 0) is 14.6 Å². The van der Waals surface area contributed by atoms with Crippen LogP contribution in [0.4, 0.5) is 5.69 Å². The molecule has 0 heterocycles. The van der Waals surface area contributed by atoms with Crippen LogP contribution in [0.3, 0.4) is 0 Å². The Kier molecular flexibility index (Phi) is 3.93. The van der Waals surface area contributed by atoms with Gasteiger partial charge < -0.3 is 11.1 Å². The first-order chi connectivity index (χ1) is 7.36. The Bertz CT molecular complexity index is 513. The molecule has 7 heteroatoms. The summed E-state index contributed by atoms with van der Waals surface area (Å²) in [5.74, 6) is -1.13. The number of hydrogen-bond donors (Lipinski definition) is 2. The summed E-state index contributed by atoms with van der Waals surface area (Å²) in [6.07, 6.45) is 0. The molecule has 0 bridgehead atoms. The second-order valence-electron chi connectivity index (χ2n) is 3.12. The Morgan fingerprint density at radius 2 is 2.12 bits per heavy atom. The fraction of sp³-hybridized carbons (Fsp3) is 0.222. The van der Waals surface area contributed by atoms with Crippen molar-refractivity contribution in [1.82, 2.24) is 5.32 Å². The average molecular weight is 307 g/mol. The third-order valence-corrected chi connectivity index (χ3v) is 4.48. The van der Waals surface area contributed by atoms with E-state index in [1.165, 1.54) is 25.2 Å². The van der Waals surface area contributed by atoms with E-state index in [9.17, 15) is 13.2 Å². The first-order valence-corrected chi connectivity index (χ1v) is 6.79. The molecule has 0 aliphatic carbocycles. The van der Waals surface area contributed by atoms with E-state index in [0.29, 0.717) is 10.2 Å². The van der Waals surface area contributed by atoms with E-state index in [1.54, 1.807) is 0 Å². The molecule has 0 saturated carbocycles. The highest BCUT2D eigenvalue weighted by atomic mass is 79.9. The summed E-state index contributed by atoms with van der Waals surface area (Å²) in [5, 5.41) is 2.26. The van der Waals surface area contributed by atoms with Crippen molar-refractivity contribution in [1.29, 1.82) is 0 Å². The van der Waals surface area contributed by atoms with Gasteiger partial charge in [0.1, 0.15) is 5.75 Å². The summed E-state index contributed by atoms with van der Waals surface area (Å²) in [5.41, 5.74) is 5.94. The van der Waals surface area contributed by atoms with Crippen LogP contribution in [0.25, 0.3) is 0 Å². The molecule has 0 spiro atoms. The average Bonchev–Trinajstić information content (AvgIpc) is 2.16. The van der Waals surface area contributed by atoms with Crippen LogP contribution in [-0.4, -0.2) is 27.1 Å². The predicted octanol–water partition coefficient (Wildman–Crippen LogP) is 0.551. The zero-order valence-electron chi connectivity index (χ0n) is 8.53. The molecule has 1 amide bonds. The molecule has 0 atom stereocenters. The normalized spacial score (nSPS) is 11.1. The van der Waals surface area contributed by atoms with Gasteiger partial charge >= 0.3 is 0 Å². The van der Waals surface area contributed by atoms with Crippen molar-refractivity contribution in [2.24, 2.45) is 0 Å². The second kappa shape index (κ2) is 4.84. The number of amides is 1. The number of sulfone groups is 1. The Balaban J connectivity index is 3.13. The molecule has 0 fully saturated rings. The van der Waals surface area contributed by atoms with Crippen molar-refractivity contribution in [2.45, 2.75) is 4.90 Å². The van der Waals surface area contributed by atoms with Crippen LogP contribution in [0.5, 0.6) is 0 Å². The molecule has 0 aliphatic heterocycles. The minimum Gasteiger partial charge on any atom is -0.399 e. The van der Waals surface area contributed by atoms with Gasteiger partial charge in [-0.2, -0.15) is 0 Å². The maximum absolute atomic E-state index is 11.8. The van der Waals surface area contributed by atoms with Crippen molar-refractivity contribution in [2.75, 3.05) is 18.5 Å². The number of halogens is 1. The van der Waals surface area contributed by atoms with Gasteiger partial charge in [-0.1, -0.05) is 0 Å². The zero-order chi connectivity index (χ0) is 12.3. The summed E-state index contributed by atoms with van der Waals surface area (Å²) < 4.78 is 24.0. The summed E-state index contributed by atoms with van der Waals surface area (Å²) >= 11 is 3.10. The van der Waals surface area contributed by atoms with Gasteiger partial charge in [0.05, 0.1) is 4.90 Å². The first kappa shape index (κ1) is 13.0.